The fraction of sp³-hybridized carbons (Fsp3) is 0.550. The van der Waals surface area contributed by atoms with Crippen molar-refractivity contribution in [1.29, 1.82) is 0 Å². The molecule has 8 heteroatoms. The first-order valence-electron chi connectivity index (χ1n) is 9.94. The fourth-order valence-corrected chi connectivity index (χ4v) is 3.30. The number of nitrogens with one attached hydrogen (secondary N) is 2. The molecule has 7 nitrogen and oxygen atoms in total. The third-order valence-corrected chi connectivity index (χ3v) is 5.04. The molecule has 1 aromatic heterocycles. The lowest BCUT2D eigenvalue weighted by Crippen LogP contribution is -2.47. The number of hydrogen-bond donors (Lipinski definition) is 2. The molecular weight excluding hydrogens is 467 g/mol. The van der Waals surface area contributed by atoms with E-state index in [0.29, 0.717) is 12.6 Å². The number of guanidine groups is 1. The van der Waals surface area contributed by atoms with Crippen LogP contribution in [0.4, 0.5) is 0 Å². The molecule has 2 aliphatic rings. The molecule has 152 valence electrons. The molecule has 1 aromatic carbocycles. The Hall–Kier alpha value is -1.84. The number of fused-ring (bicyclic) bond motifs is 1. The molecular formula is C20H29IN6O. The predicted molar refractivity (Wildman–Crippen MR) is 120 cm³/mol. The van der Waals surface area contributed by atoms with Gasteiger partial charge in [0, 0.05) is 24.6 Å². The van der Waals surface area contributed by atoms with E-state index >= 15 is 0 Å². The average molecular weight is 496 g/mol. The van der Waals surface area contributed by atoms with Gasteiger partial charge in [0.05, 0.1) is 19.7 Å². The monoisotopic (exact) mass is 496 g/mol. The normalized spacial score (nSPS) is 18.8. The van der Waals surface area contributed by atoms with E-state index in [1.54, 1.807) is 6.33 Å². The number of halogens is 1. The molecule has 0 bridgehead atoms. The summed E-state index contributed by atoms with van der Waals surface area (Å²) in [5.41, 5.74) is 1.12. The van der Waals surface area contributed by atoms with Crippen LogP contribution in [0.25, 0.3) is 0 Å². The van der Waals surface area contributed by atoms with Crippen molar-refractivity contribution < 1.29 is 4.74 Å². The maximum Gasteiger partial charge on any atom is 0.191 e. The second-order valence-electron chi connectivity index (χ2n) is 7.30. The summed E-state index contributed by atoms with van der Waals surface area (Å²) in [4.78, 5) is 9.08. The summed E-state index contributed by atoms with van der Waals surface area (Å²) in [6.07, 6.45) is 6.20. The van der Waals surface area contributed by atoms with Crippen LogP contribution in [0.1, 0.15) is 37.6 Å². The van der Waals surface area contributed by atoms with Crippen LogP contribution >= 0.6 is 24.0 Å². The smallest absolute Gasteiger partial charge is 0.191 e. The first-order chi connectivity index (χ1) is 13.3. The van der Waals surface area contributed by atoms with E-state index in [2.05, 4.69) is 33.7 Å². The molecule has 4 rings (SSSR count). The molecule has 2 N–H and O–H groups in total. The highest BCUT2D eigenvalue weighted by Gasteiger charge is 2.22. The molecule has 1 atom stereocenters. The topological polar surface area (TPSA) is 76.4 Å². The fourth-order valence-electron chi connectivity index (χ4n) is 3.30. The van der Waals surface area contributed by atoms with E-state index in [4.69, 9.17) is 9.73 Å². The first-order valence-corrected chi connectivity index (χ1v) is 9.94. The molecule has 0 amide bonds. The van der Waals surface area contributed by atoms with E-state index < -0.39 is 0 Å². The lowest BCUT2D eigenvalue weighted by atomic mass is 10.1. The van der Waals surface area contributed by atoms with E-state index in [-0.39, 0.29) is 24.0 Å². The quantitative estimate of drug-likeness (QED) is 0.351. The van der Waals surface area contributed by atoms with Crippen LogP contribution < -0.4 is 15.4 Å². The van der Waals surface area contributed by atoms with Gasteiger partial charge in [0.2, 0.25) is 0 Å². The molecule has 0 spiro atoms. The Morgan fingerprint density at radius 2 is 2.14 bits per heavy atom. The number of aryl methyl sites for hydroxylation is 1. The SMILES string of the molecule is CCNC(=NCc1ccccc1OCC1CC1)NC1CCc2ncnn2C1.I. The number of aliphatic imine (C=N–C) groups is 1. The Kier molecular flexibility index (Phi) is 7.52. The number of ether oxygens (including phenoxy) is 1. The third kappa shape index (κ3) is 5.59. The third-order valence-electron chi connectivity index (χ3n) is 5.04. The Bertz CT molecular complexity index is 789. The van der Waals surface area contributed by atoms with Crippen LogP contribution in [0.3, 0.4) is 0 Å². The molecule has 1 fully saturated rings. The van der Waals surface area contributed by atoms with Crippen LogP contribution in [0, 0.1) is 5.92 Å². The number of hydrogen-bond acceptors (Lipinski definition) is 4. The van der Waals surface area contributed by atoms with Crippen molar-refractivity contribution in [3.05, 3.63) is 42.0 Å². The molecule has 1 aliphatic carbocycles. The van der Waals surface area contributed by atoms with Crippen molar-refractivity contribution >= 4 is 29.9 Å². The summed E-state index contributed by atoms with van der Waals surface area (Å²) in [5, 5.41) is 11.2. The van der Waals surface area contributed by atoms with E-state index in [9.17, 15) is 0 Å². The average Bonchev–Trinajstić information content (AvgIpc) is 3.40. The maximum absolute atomic E-state index is 6.00. The zero-order valence-corrected chi connectivity index (χ0v) is 18.6. The Labute approximate surface area is 183 Å². The summed E-state index contributed by atoms with van der Waals surface area (Å²) in [5.74, 6) is 3.60. The minimum Gasteiger partial charge on any atom is -0.493 e. The van der Waals surface area contributed by atoms with Gasteiger partial charge in [-0.1, -0.05) is 18.2 Å². The Morgan fingerprint density at radius 1 is 1.29 bits per heavy atom. The van der Waals surface area contributed by atoms with Crippen LogP contribution in [0.5, 0.6) is 5.75 Å². The maximum atomic E-state index is 6.00. The summed E-state index contributed by atoms with van der Waals surface area (Å²) >= 11 is 0. The van der Waals surface area contributed by atoms with Gasteiger partial charge in [-0.3, -0.25) is 0 Å². The number of aromatic nitrogens is 3. The van der Waals surface area contributed by atoms with Crippen LogP contribution in [-0.4, -0.2) is 39.9 Å². The van der Waals surface area contributed by atoms with Crippen molar-refractivity contribution in [2.75, 3.05) is 13.2 Å². The zero-order chi connectivity index (χ0) is 18.5. The lowest BCUT2D eigenvalue weighted by molar-refractivity contribution is 0.297. The highest BCUT2D eigenvalue weighted by molar-refractivity contribution is 14.0. The van der Waals surface area contributed by atoms with Crippen molar-refractivity contribution in [3.63, 3.8) is 0 Å². The minimum absolute atomic E-state index is 0. The second kappa shape index (κ2) is 10.1. The van der Waals surface area contributed by atoms with E-state index in [1.165, 1.54) is 12.8 Å². The summed E-state index contributed by atoms with van der Waals surface area (Å²) in [7, 11) is 0. The van der Waals surface area contributed by atoms with E-state index in [0.717, 1.165) is 61.6 Å². The lowest BCUT2D eigenvalue weighted by Gasteiger charge is -2.25. The molecule has 1 aliphatic heterocycles. The largest absolute Gasteiger partial charge is 0.493 e. The summed E-state index contributed by atoms with van der Waals surface area (Å²) in [6.45, 7) is 5.15. The van der Waals surface area contributed by atoms with Gasteiger partial charge in [0.25, 0.3) is 0 Å². The van der Waals surface area contributed by atoms with Gasteiger partial charge < -0.3 is 15.4 Å². The van der Waals surface area contributed by atoms with Crippen molar-refractivity contribution in [3.8, 4) is 5.75 Å². The molecule has 0 radical (unpaired) electrons. The van der Waals surface area contributed by atoms with Crippen molar-refractivity contribution in [1.82, 2.24) is 25.4 Å². The number of para-hydroxylation sites is 1. The standard InChI is InChI=1S/C20H28N6O.HI/c1-2-21-20(25-17-9-10-19-23-14-24-26(19)12-17)22-11-16-5-3-4-6-18(16)27-13-15-7-8-15;/h3-6,14-15,17H,2,7-13H2,1H3,(H2,21,22,25);1H. The van der Waals surface area contributed by atoms with Gasteiger partial charge >= 0.3 is 0 Å². The van der Waals surface area contributed by atoms with Gasteiger partial charge in [0.1, 0.15) is 17.9 Å². The molecule has 28 heavy (non-hydrogen) atoms. The van der Waals surface area contributed by atoms with E-state index in [1.807, 2.05) is 22.9 Å². The summed E-state index contributed by atoms with van der Waals surface area (Å²) in [6, 6.07) is 8.51. The number of benzene rings is 1. The number of rotatable bonds is 7. The molecule has 0 saturated heterocycles. The van der Waals surface area contributed by atoms with Crippen LogP contribution in [0.15, 0.2) is 35.6 Å². The number of nitrogens with zero attached hydrogens (tertiary/aromatic N) is 4. The van der Waals surface area contributed by atoms with Gasteiger partial charge in [-0.15, -0.1) is 24.0 Å². The van der Waals surface area contributed by atoms with Crippen LogP contribution in [-0.2, 0) is 19.5 Å². The van der Waals surface area contributed by atoms with Gasteiger partial charge in [-0.25, -0.2) is 14.7 Å². The Balaban J connectivity index is 0.00000225. The summed E-state index contributed by atoms with van der Waals surface area (Å²) < 4.78 is 7.98. The van der Waals surface area contributed by atoms with Crippen LogP contribution in [0.2, 0.25) is 0 Å². The highest BCUT2D eigenvalue weighted by atomic mass is 127. The van der Waals surface area contributed by atoms with Gasteiger partial charge in [-0.05, 0) is 38.2 Å². The second-order valence-corrected chi connectivity index (χ2v) is 7.30. The molecule has 1 unspecified atom stereocenters. The first kappa shape index (κ1) is 20.9. The van der Waals surface area contributed by atoms with Crippen molar-refractivity contribution in [2.24, 2.45) is 10.9 Å². The molecule has 1 saturated carbocycles. The minimum atomic E-state index is 0. The molecule has 2 heterocycles. The Morgan fingerprint density at radius 3 is 2.96 bits per heavy atom. The predicted octanol–water partition coefficient (Wildman–Crippen LogP) is 2.76. The zero-order valence-electron chi connectivity index (χ0n) is 16.3. The van der Waals surface area contributed by atoms with Gasteiger partial charge in [-0.2, -0.15) is 5.10 Å². The highest BCUT2D eigenvalue weighted by Crippen LogP contribution is 2.30. The molecule has 2 aromatic rings. The van der Waals surface area contributed by atoms with Crippen molar-refractivity contribution in [2.45, 2.75) is 51.7 Å². The van der Waals surface area contributed by atoms with Gasteiger partial charge in [0.15, 0.2) is 5.96 Å².